The molecule has 0 amide bonds. The Kier molecular flexibility index (Phi) is 4.35. The molecule has 1 heterocycles. The van der Waals surface area contributed by atoms with Gasteiger partial charge in [0.1, 0.15) is 17.4 Å². The molecular formula is C13H13F2N3O. The molecule has 0 bridgehead atoms. The van der Waals surface area contributed by atoms with Crippen LogP contribution in [0, 0.1) is 11.6 Å². The standard InChI is InChI=1S/C13H13F2N3O/c1-2-16-6-11-7-17-8-13(18-11)19-12-4-9(14)3-10(15)5-12/h3-5,7-8,16H,2,6H2,1H3. The summed E-state index contributed by atoms with van der Waals surface area (Å²) in [5.41, 5.74) is 0.691. The lowest BCUT2D eigenvalue weighted by Gasteiger charge is -2.06. The summed E-state index contributed by atoms with van der Waals surface area (Å²) < 4.78 is 31.3. The predicted molar refractivity (Wildman–Crippen MR) is 65.8 cm³/mol. The zero-order valence-electron chi connectivity index (χ0n) is 10.4. The van der Waals surface area contributed by atoms with E-state index in [0.717, 1.165) is 24.7 Å². The van der Waals surface area contributed by atoms with Gasteiger partial charge < -0.3 is 10.1 Å². The van der Waals surface area contributed by atoms with E-state index in [1.165, 1.54) is 6.20 Å². The van der Waals surface area contributed by atoms with Gasteiger partial charge in [-0.15, -0.1) is 0 Å². The molecule has 0 fully saturated rings. The highest BCUT2D eigenvalue weighted by molar-refractivity contribution is 5.27. The smallest absolute Gasteiger partial charge is 0.238 e. The predicted octanol–water partition coefficient (Wildman–Crippen LogP) is 2.66. The van der Waals surface area contributed by atoms with Gasteiger partial charge in [0.15, 0.2) is 0 Å². The number of aromatic nitrogens is 2. The molecule has 0 aliphatic carbocycles. The maximum atomic E-state index is 13.0. The molecule has 1 aromatic carbocycles. The Labute approximate surface area is 109 Å². The van der Waals surface area contributed by atoms with E-state index in [-0.39, 0.29) is 11.6 Å². The van der Waals surface area contributed by atoms with Crippen molar-refractivity contribution < 1.29 is 13.5 Å². The fourth-order valence-electron chi connectivity index (χ4n) is 1.48. The summed E-state index contributed by atoms with van der Waals surface area (Å²) in [7, 11) is 0. The first-order chi connectivity index (χ1) is 9.17. The van der Waals surface area contributed by atoms with E-state index < -0.39 is 11.6 Å². The van der Waals surface area contributed by atoms with Crippen LogP contribution in [-0.2, 0) is 6.54 Å². The molecular weight excluding hydrogens is 252 g/mol. The van der Waals surface area contributed by atoms with Gasteiger partial charge in [-0.2, -0.15) is 0 Å². The average Bonchev–Trinajstić information content (AvgIpc) is 2.35. The Hall–Kier alpha value is -2.08. The van der Waals surface area contributed by atoms with E-state index in [9.17, 15) is 8.78 Å². The van der Waals surface area contributed by atoms with Gasteiger partial charge in [0.05, 0.1) is 11.9 Å². The third-order valence-electron chi connectivity index (χ3n) is 2.28. The summed E-state index contributed by atoms with van der Waals surface area (Å²) in [5, 5.41) is 3.10. The second-order valence-corrected chi connectivity index (χ2v) is 3.84. The molecule has 1 N–H and O–H groups in total. The van der Waals surface area contributed by atoms with Gasteiger partial charge in [-0.05, 0) is 6.54 Å². The Balaban J connectivity index is 2.13. The van der Waals surface area contributed by atoms with Crippen LogP contribution in [0.15, 0.2) is 30.6 Å². The molecule has 0 saturated carbocycles. The molecule has 0 saturated heterocycles. The Morgan fingerprint density at radius 3 is 2.58 bits per heavy atom. The number of hydrogen-bond acceptors (Lipinski definition) is 4. The average molecular weight is 265 g/mol. The summed E-state index contributed by atoms with van der Waals surface area (Å²) in [6, 6.07) is 2.95. The van der Waals surface area contributed by atoms with Crippen molar-refractivity contribution in [2.75, 3.05) is 6.54 Å². The van der Waals surface area contributed by atoms with Gasteiger partial charge in [-0.3, -0.25) is 4.98 Å². The van der Waals surface area contributed by atoms with Gasteiger partial charge in [0, 0.05) is 30.9 Å². The van der Waals surface area contributed by atoms with E-state index in [1.807, 2.05) is 6.92 Å². The molecule has 2 rings (SSSR count). The molecule has 2 aromatic rings. The fourth-order valence-corrected chi connectivity index (χ4v) is 1.48. The van der Waals surface area contributed by atoms with Crippen LogP contribution in [0.1, 0.15) is 12.6 Å². The first-order valence-corrected chi connectivity index (χ1v) is 5.83. The topological polar surface area (TPSA) is 47.0 Å². The molecule has 4 nitrogen and oxygen atoms in total. The summed E-state index contributed by atoms with van der Waals surface area (Å²) >= 11 is 0. The quantitative estimate of drug-likeness (QED) is 0.902. The van der Waals surface area contributed by atoms with E-state index in [2.05, 4.69) is 15.3 Å². The monoisotopic (exact) mass is 265 g/mol. The van der Waals surface area contributed by atoms with Gasteiger partial charge >= 0.3 is 0 Å². The van der Waals surface area contributed by atoms with Crippen LogP contribution in [-0.4, -0.2) is 16.5 Å². The molecule has 0 unspecified atom stereocenters. The second-order valence-electron chi connectivity index (χ2n) is 3.84. The van der Waals surface area contributed by atoms with Crippen molar-refractivity contribution in [3.05, 3.63) is 47.9 Å². The number of nitrogens with one attached hydrogen (secondary N) is 1. The third kappa shape index (κ3) is 3.96. The van der Waals surface area contributed by atoms with Crippen molar-refractivity contribution in [1.82, 2.24) is 15.3 Å². The van der Waals surface area contributed by atoms with Gasteiger partial charge in [-0.1, -0.05) is 6.92 Å². The first kappa shape index (κ1) is 13.4. The van der Waals surface area contributed by atoms with Crippen LogP contribution in [0.25, 0.3) is 0 Å². The number of nitrogens with zero attached hydrogens (tertiary/aromatic N) is 2. The SMILES string of the molecule is CCNCc1cncc(Oc2cc(F)cc(F)c2)n1. The van der Waals surface area contributed by atoms with E-state index in [0.29, 0.717) is 12.2 Å². The maximum absolute atomic E-state index is 13.0. The Bertz CT molecular complexity index is 543. The van der Waals surface area contributed by atoms with Crippen molar-refractivity contribution in [3.8, 4) is 11.6 Å². The first-order valence-electron chi connectivity index (χ1n) is 5.83. The zero-order chi connectivity index (χ0) is 13.7. The van der Waals surface area contributed by atoms with Gasteiger partial charge in [-0.25, -0.2) is 13.8 Å². The minimum Gasteiger partial charge on any atom is -0.437 e. The molecule has 100 valence electrons. The van der Waals surface area contributed by atoms with Crippen molar-refractivity contribution in [2.24, 2.45) is 0 Å². The number of hydrogen-bond donors (Lipinski definition) is 1. The Morgan fingerprint density at radius 2 is 1.89 bits per heavy atom. The number of benzene rings is 1. The molecule has 6 heteroatoms. The second kappa shape index (κ2) is 6.19. The highest BCUT2D eigenvalue weighted by atomic mass is 19.1. The van der Waals surface area contributed by atoms with Crippen LogP contribution in [0.4, 0.5) is 8.78 Å². The molecule has 0 radical (unpaired) electrons. The van der Waals surface area contributed by atoms with Crippen molar-refractivity contribution in [1.29, 1.82) is 0 Å². The third-order valence-corrected chi connectivity index (χ3v) is 2.28. The van der Waals surface area contributed by atoms with Crippen LogP contribution in [0.3, 0.4) is 0 Å². The molecule has 0 atom stereocenters. The molecule has 0 spiro atoms. The van der Waals surface area contributed by atoms with Crippen molar-refractivity contribution in [3.63, 3.8) is 0 Å². The van der Waals surface area contributed by atoms with Crippen LogP contribution in [0.5, 0.6) is 11.6 Å². The van der Waals surface area contributed by atoms with E-state index in [4.69, 9.17) is 4.74 Å². The molecule has 1 aromatic heterocycles. The lowest BCUT2D eigenvalue weighted by Crippen LogP contribution is -2.13. The lowest BCUT2D eigenvalue weighted by atomic mass is 10.3. The molecule has 0 aliphatic heterocycles. The van der Waals surface area contributed by atoms with Crippen molar-refractivity contribution in [2.45, 2.75) is 13.5 Å². The number of halogens is 2. The summed E-state index contributed by atoms with van der Waals surface area (Å²) in [5.74, 6) is -1.16. The summed E-state index contributed by atoms with van der Waals surface area (Å²) in [6.45, 7) is 3.34. The minimum atomic E-state index is -0.702. The highest BCUT2D eigenvalue weighted by Gasteiger charge is 2.05. The van der Waals surface area contributed by atoms with Gasteiger partial charge in [0.25, 0.3) is 0 Å². The minimum absolute atomic E-state index is 0.0485. The van der Waals surface area contributed by atoms with Crippen LogP contribution in [0.2, 0.25) is 0 Å². The number of rotatable bonds is 5. The lowest BCUT2D eigenvalue weighted by molar-refractivity contribution is 0.446. The summed E-state index contributed by atoms with van der Waals surface area (Å²) in [4.78, 5) is 8.14. The van der Waals surface area contributed by atoms with E-state index >= 15 is 0 Å². The maximum Gasteiger partial charge on any atom is 0.238 e. The molecule has 0 aliphatic rings. The Morgan fingerprint density at radius 1 is 1.16 bits per heavy atom. The largest absolute Gasteiger partial charge is 0.437 e. The van der Waals surface area contributed by atoms with E-state index in [1.54, 1.807) is 6.20 Å². The zero-order valence-corrected chi connectivity index (χ0v) is 10.4. The normalized spacial score (nSPS) is 10.5. The molecule has 19 heavy (non-hydrogen) atoms. The highest BCUT2D eigenvalue weighted by Crippen LogP contribution is 2.21. The summed E-state index contributed by atoms with van der Waals surface area (Å²) in [6.07, 6.45) is 2.99. The number of ether oxygens (including phenoxy) is 1. The fraction of sp³-hybridized carbons (Fsp3) is 0.231. The van der Waals surface area contributed by atoms with Crippen LogP contribution >= 0.6 is 0 Å². The van der Waals surface area contributed by atoms with Gasteiger partial charge in [0.2, 0.25) is 5.88 Å². The van der Waals surface area contributed by atoms with Crippen LogP contribution < -0.4 is 10.1 Å². The van der Waals surface area contributed by atoms with Crippen molar-refractivity contribution >= 4 is 0 Å².